The molecule has 0 N–H and O–H groups in total. The molecule has 0 amide bonds. The van der Waals surface area contributed by atoms with Crippen molar-refractivity contribution in [1.82, 2.24) is 0 Å². The summed E-state index contributed by atoms with van der Waals surface area (Å²) in [6.45, 7) is 0. The van der Waals surface area contributed by atoms with E-state index >= 15 is 0 Å². The molecule has 2 aromatic carbocycles. The first-order valence-corrected chi connectivity index (χ1v) is 6.35. The molecule has 1 aliphatic carbocycles. The Kier molecular flexibility index (Phi) is 3.08. The lowest BCUT2D eigenvalue weighted by atomic mass is 9.95. The quantitative estimate of drug-likeness (QED) is 0.613. The second-order valence-corrected chi connectivity index (χ2v) is 5.00. The van der Waals surface area contributed by atoms with E-state index in [9.17, 15) is 22.4 Å². The topological polar surface area (TPSA) is 17.1 Å². The fraction of sp³-hybridized carbons (Fsp3) is 0.188. The van der Waals surface area contributed by atoms with Crippen LogP contribution in [-0.4, -0.2) is 12.2 Å². The third-order valence-electron chi connectivity index (χ3n) is 3.78. The van der Waals surface area contributed by atoms with Gasteiger partial charge in [-0.3, -0.25) is 0 Å². The van der Waals surface area contributed by atoms with Gasteiger partial charge in [0.1, 0.15) is 17.9 Å². The molecule has 0 heterocycles. The van der Waals surface area contributed by atoms with Crippen LogP contribution in [0.15, 0.2) is 42.5 Å². The van der Waals surface area contributed by atoms with Crippen LogP contribution in [0.3, 0.4) is 0 Å². The smallest absolute Gasteiger partial charge is 0.265 e. The molecule has 0 bridgehead atoms. The first kappa shape index (κ1) is 13.8. The number of benzene rings is 2. The van der Waals surface area contributed by atoms with E-state index in [4.69, 9.17) is 0 Å². The van der Waals surface area contributed by atoms with Gasteiger partial charge in [-0.2, -0.15) is 0 Å². The molecule has 0 saturated heterocycles. The third-order valence-corrected chi connectivity index (χ3v) is 3.78. The maximum atomic E-state index is 13.9. The van der Waals surface area contributed by atoms with Crippen molar-refractivity contribution in [2.45, 2.75) is 11.8 Å². The van der Waals surface area contributed by atoms with Crippen LogP contribution in [0.4, 0.5) is 17.6 Å². The van der Waals surface area contributed by atoms with Crippen LogP contribution < -0.4 is 0 Å². The van der Waals surface area contributed by atoms with E-state index in [1.165, 1.54) is 30.3 Å². The number of carbonyl (C=O) groups excluding carboxylic acids is 1. The fourth-order valence-corrected chi connectivity index (χ4v) is 2.67. The normalized spacial score (nSPS) is 22.9. The summed E-state index contributed by atoms with van der Waals surface area (Å²) in [5.74, 6) is -7.58. The van der Waals surface area contributed by atoms with Crippen molar-refractivity contribution in [3.05, 3.63) is 59.7 Å². The van der Waals surface area contributed by atoms with Crippen LogP contribution in [-0.2, 0) is 4.79 Å². The molecule has 2 aromatic rings. The molecule has 0 aliphatic heterocycles. The van der Waals surface area contributed by atoms with Gasteiger partial charge in [-0.05, 0) is 23.3 Å². The highest BCUT2D eigenvalue weighted by molar-refractivity contribution is 5.74. The van der Waals surface area contributed by atoms with Crippen molar-refractivity contribution >= 4 is 6.29 Å². The zero-order valence-corrected chi connectivity index (χ0v) is 10.7. The van der Waals surface area contributed by atoms with Crippen molar-refractivity contribution in [2.24, 2.45) is 5.92 Å². The lowest BCUT2D eigenvalue weighted by molar-refractivity contribution is -0.110. The van der Waals surface area contributed by atoms with E-state index in [1.807, 2.05) is 0 Å². The molecule has 5 heteroatoms. The van der Waals surface area contributed by atoms with Gasteiger partial charge in [-0.25, -0.2) is 17.6 Å². The van der Waals surface area contributed by atoms with E-state index in [2.05, 4.69) is 0 Å². The minimum atomic E-state index is -3.17. The summed E-state index contributed by atoms with van der Waals surface area (Å²) >= 11 is 0. The summed E-state index contributed by atoms with van der Waals surface area (Å²) in [6.07, 6.45) is 0.194. The molecule has 2 atom stereocenters. The maximum absolute atomic E-state index is 13.9. The molecule has 21 heavy (non-hydrogen) atoms. The average molecular weight is 294 g/mol. The number of halogens is 4. The second-order valence-electron chi connectivity index (χ2n) is 5.00. The van der Waals surface area contributed by atoms with Gasteiger partial charge in [-0.15, -0.1) is 0 Å². The number of hydrogen-bond acceptors (Lipinski definition) is 1. The Morgan fingerprint density at radius 3 is 2.14 bits per heavy atom. The van der Waals surface area contributed by atoms with Crippen LogP contribution in [0.5, 0.6) is 0 Å². The number of alkyl halides is 2. The first-order chi connectivity index (χ1) is 9.98. The fourth-order valence-electron chi connectivity index (χ4n) is 2.67. The molecule has 3 rings (SSSR count). The van der Waals surface area contributed by atoms with Gasteiger partial charge in [0.25, 0.3) is 5.92 Å². The van der Waals surface area contributed by atoms with Gasteiger partial charge in [0, 0.05) is 0 Å². The van der Waals surface area contributed by atoms with Crippen molar-refractivity contribution < 1.29 is 22.4 Å². The zero-order chi connectivity index (χ0) is 15.2. The summed E-state index contributed by atoms with van der Waals surface area (Å²) in [5.41, 5.74) is -0.203. The number of aldehydes is 1. The predicted octanol–water partition coefficient (Wildman–Crippen LogP) is 4.18. The number of carbonyl (C=O) groups is 1. The molecule has 0 aromatic heterocycles. The molecular formula is C16H10F4O. The van der Waals surface area contributed by atoms with E-state index in [1.54, 1.807) is 0 Å². The summed E-state index contributed by atoms with van der Waals surface area (Å²) in [6, 6.07) is 9.12. The molecule has 0 radical (unpaired) electrons. The second kappa shape index (κ2) is 4.69. The predicted molar refractivity (Wildman–Crippen MR) is 69.0 cm³/mol. The molecule has 1 saturated carbocycles. The van der Waals surface area contributed by atoms with Gasteiger partial charge in [0.05, 0.1) is 17.4 Å². The van der Waals surface area contributed by atoms with Crippen molar-refractivity contribution in [2.75, 3.05) is 0 Å². The first-order valence-electron chi connectivity index (χ1n) is 6.35. The van der Waals surface area contributed by atoms with Crippen LogP contribution >= 0.6 is 0 Å². The largest absolute Gasteiger partial charge is 0.303 e. The van der Waals surface area contributed by atoms with E-state index in [0.717, 1.165) is 12.1 Å². The summed E-state index contributed by atoms with van der Waals surface area (Å²) in [5, 5.41) is 0. The summed E-state index contributed by atoms with van der Waals surface area (Å²) < 4.78 is 55.0. The minimum Gasteiger partial charge on any atom is -0.303 e. The molecule has 108 valence electrons. The maximum Gasteiger partial charge on any atom is 0.265 e. The van der Waals surface area contributed by atoms with Gasteiger partial charge < -0.3 is 4.79 Å². The van der Waals surface area contributed by atoms with Crippen molar-refractivity contribution in [3.8, 4) is 11.1 Å². The van der Waals surface area contributed by atoms with Crippen LogP contribution in [0, 0.1) is 17.6 Å². The Balaban J connectivity index is 2.17. The van der Waals surface area contributed by atoms with Gasteiger partial charge in [0.2, 0.25) is 0 Å². The Labute approximate surface area is 118 Å². The van der Waals surface area contributed by atoms with Crippen molar-refractivity contribution in [1.29, 1.82) is 0 Å². The van der Waals surface area contributed by atoms with Crippen LogP contribution in [0.25, 0.3) is 11.1 Å². The molecule has 1 aliphatic rings. The molecule has 2 unspecified atom stereocenters. The summed E-state index contributed by atoms with van der Waals surface area (Å²) in [4.78, 5) is 10.7. The van der Waals surface area contributed by atoms with E-state index in [-0.39, 0.29) is 23.0 Å². The highest BCUT2D eigenvalue weighted by Crippen LogP contribution is 2.61. The lowest BCUT2D eigenvalue weighted by Crippen LogP contribution is -1.98. The van der Waals surface area contributed by atoms with Gasteiger partial charge in [-0.1, -0.05) is 30.3 Å². The number of rotatable bonds is 3. The van der Waals surface area contributed by atoms with Crippen LogP contribution in [0.1, 0.15) is 11.5 Å². The Bertz CT molecular complexity index is 691. The van der Waals surface area contributed by atoms with E-state index in [0.29, 0.717) is 0 Å². The third kappa shape index (κ3) is 2.04. The summed E-state index contributed by atoms with van der Waals surface area (Å²) in [7, 11) is 0. The SMILES string of the molecule is O=CC1C(c2ccccc2-c2c(F)cccc2F)C1(F)F. The molecule has 1 fully saturated rings. The highest BCUT2D eigenvalue weighted by atomic mass is 19.3. The highest BCUT2D eigenvalue weighted by Gasteiger charge is 2.69. The van der Waals surface area contributed by atoms with E-state index < -0.39 is 29.4 Å². The van der Waals surface area contributed by atoms with Crippen LogP contribution in [0.2, 0.25) is 0 Å². The Hall–Kier alpha value is -2.17. The van der Waals surface area contributed by atoms with Gasteiger partial charge >= 0.3 is 0 Å². The Morgan fingerprint density at radius 1 is 0.952 bits per heavy atom. The lowest BCUT2D eigenvalue weighted by Gasteiger charge is -2.11. The monoisotopic (exact) mass is 294 g/mol. The van der Waals surface area contributed by atoms with Crippen molar-refractivity contribution in [3.63, 3.8) is 0 Å². The standard InChI is InChI=1S/C16H10F4O/c17-12-6-3-7-13(18)14(12)9-4-1-2-5-10(9)15-11(8-21)16(15,19)20/h1-8,11,15H. The molecular weight excluding hydrogens is 284 g/mol. The number of hydrogen-bond donors (Lipinski definition) is 0. The molecule has 1 nitrogen and oxygen atoms in total. The van der Waals surface area contributed by atoms with Gasteiger partial charge in [0.15, 0.2) is 0 Å². The molecule has 0 spiro atoms. The Morgan fingerprint density at radius 2 is 1.57 bits per heavy atom. The average Bonchev–Trinajstić information content (AvgIpc) is 3.00. The minimum absolute atomic E-state index is 0.0575. The zero-order valence-electron chi connectivity index (χ0n) is 10.7.